The highest BCUT2D eigenvalue weighted by atomic mass is 79.9. The van der Waals surface area contributed by atoms with Gasteiger partial charge >= 0.3 is 0 Å². The maximum atomic E-state index is 9.60. The van der Waals surface area contributed by atoms with Crippen molar-refractivity contribution in [2.45, 2.75) is 26.1 Å². The van der Waals surface area contributed by atoms with Gasteiger partial charge in [0.15, 0.2) is 0 Å². The Kier molecular flexibility index (Phi) is 6.27. The molecule has 0 bridgehead atoms. The number of rotatable bonds is 6. The summed E-state index contributed by atoms with van der Waals surface area (Å²) >= 11 is 9.28. The van der Waals surface area contributed by atoms with E-state index in [1.165, 1.54) is 0 Å². The minimum atomic E-state index is -0.655. The van der Waals surface area contributed by atoms with Gasteiger partial charge in [-0.2, -0.15) is 0 Å². The maximum Gasteiger partial charge on any atom is 0.138 e. The van der Waals surface area contributed by atoms with E-state index in [9.17, 15) is 5.11 Å². The van der Waals surface area contributed by atoms with Crippen molar-refractivity contribution in [3.05, 3.63) is 27.7 Å². The predicted molar refractivity (Wildman–Crippen MR) is 71.7 cm³/mol. The first-order valence-electron chi connectivity index (χ1n) is 5.36. The van der Waals surface area contributed by atoms with Crippen molar-refractivity contribution >= 4 is 27.5 Å². The highest BCUT2D eigenvalue weighted by molar-refractivity contribution is 9.10. The Bertz CT molecular complexity index is 358. The van der Waals surface area contributed by atoms with Crippen molar-refractivity contribution in [3.8, 4) is 5.75 Å². The number of hydrogen-bond donors (Lipinski definition) is 1. The summed E-state index contributed by atoms with van der Waals surface area (Å²) in [4.78, 5) is 0. The molecule has 1 unspecified atom stereocenters. The minimum Gasteiger partial charge on any atom is -0.489 e. The standard InChI is InChI=1S/C12H16BrClO3/c1-8(2)16-6-10(15)7-17-12-4-3-9(13)5-11(12)14/h3-5,8,10,15H,6-7H2,1-2H3. The second-order valence-electron chi connectivity index (χ2n) is 3.92. The summed E-state index contributed by atoms with van der Waals surface area (Å²) in [6, 6.07) is 5.33. The van der Waals surface area contributed by atoms with Gasteiger partial charge in [-0.15, -0.1) is 0 Å². The fraction of sp³-hybridized carbons (Fsp3) is 0.500. The minimum absolute atomic E-state index is 0.0981. The van der Waals surface area contributed by atoms with Crippen molar-refractivity contribution < 1.29 is 14.6 Å². The summed E-state index contributed by atoms with van der Waals surface area (Å²) in [7, 11) is 0. The molecule has 0 aliphatic rings. The molecule has 3 nitrogen and oxygen atoms in total. The van der Waals surface area contributed by atoms with Crippen molar-refractivity contribution in [1.29, 1.82) is 0 Å². The molecular formula is C12H16BrClO3. The van der Waals surface area contributed by atoms with Gasteiger partial charge in [0, 0.05) is 4.47 Å². The fourth-order valence-corrected chi connectivity index (χ4v) is 1.86. The Balaban J connectivity index is 2.39. The first-order chi connectivity index (χ1) is 7.99. The Labute approximate surface area is 115 Å². The molecule has 1 atom stereocenters. The number of ether oxygens (including phenoxy) is 2. The first kappa shape index (κ1) is 14.8. The van der Waals surface area contributed by atoms with Gasteiger partial charge in [0.1, 0.15) is 18.5 Å². The van der Waals surface area contributed by atoms with Gasteiger partial charge in [-0.25, -0.2) is 0 Å². The number of aliphatic hydroxyl groups is 1. The van der Waals surface area contributed by atoms with E-state index in [4.69, 9.17) is 21.1 Å². The Hall–Kier alpha value is -0.290. The van der Waals surface area contributed by atoms with Gasteiger partial charge in [0.25, 0.3) is 0 Å². The topological polar surface area (TPSA) is 38.7 Å². The molecule has 0 fully saturated rings. The average Bonchev–Trinajstić information content (AvgIpc) is 2.25. The molecule has 0 heterocycles. The molecule has 1 aromatic rings. The summed E-state index contributed by atoms with van der Waals surface area (Å²) in [5.41, 5.74) is 0. The Morgan fingerprint density at radius 2 is 2.06 bits per heavy atom. The lowest BCUT2D eigenvalue weighted by molar-refractivity contribution is -0.0122. The largest absolute Gasteiger partial charge is 0.489 e. The van der Waals surface area contributed by atoms with E-state index in [1.807, 2.05) is 19.9 Å². The predicted octanol–water partition coefficient (Wildman–Crippen LogP) is 3.27. The third-order valence-electron chi connectivity index (χ3n) is 1.95. The zero-order valence-corrected chi connectivity index (χ0v) is 12.2. The van der Waals surface area contributed by atoms with Gasteiger partial charge in [-0.3, -0.25) is 0 Å². The van der Waals surface area contributed by atoms with Crippen LogP contribution in [0.25, 0.3) is 0 Å². The molecular weight excluding hydrogens is 307 g/mol. The summed E-state index contributed by atoms with van der Waals surface area (Å²) in [6.07, 6.45) is -0.557. The van der Waals surface area contributed by atoms with Crippen LogP contribution < -0.4 is 4.74 Å². The summed E-state index contributed by atoms with van der Waals surface area (Å²) in [5.74, 6) is 0.554. The van der Waals surface area contributed by atoms with Crippen LogP contribution in [0.4, 0.5) is 0 Å². The fourth-order valence-electron chi connectivity index (χ4n) is 1.13. The van der Waals surface area contributed by atoms with E-state index < -0.39 is 6.10 Å². The van der Waals surface area contributed by atoms with Crippen LogP contribution in [0.1, 0.15) is 13.8 Å². The van der Waals surface area contributed by atoms with Crippen LogP contribution in [0.2, 0.25) is 5.02 Å². The molecule has 0 aliphatic heterocycles. The Morgan fingerprint density at radius 1 is 1.35 bits per heavy atom. The monoisotopic (exact) mass is 322 g/mol. The second kappa shape index (κ2) is 7.21. The van der Waals surface area contributed by atoms with E-state index in [2.05, 4.69) is 15.9 Å². The van der Waals surface area contributed by atoms with Crippen molar-refractivity contribution in [1.82, 2.24) is 0 Å². The molecule has 0 radical (unpaired) electrons. The smallest absolute Gasteiger partial charge is 0.138 e. The van der Waals surface area contributed by atoms with Gasteiger partial charge in [-0.05, 0) is 32.0 Å². The number of hydrogen-bond acceptors (Lipinski definition) is 3. The van der Waals surface area contributed by atoms with E-state index in [-0.39, 0.29) is 19.3 Å². The molecule has 0 aromatic heterocycles. The zero-order chi connectivity index (χ0) is 12.8. The SMILES string of the molecule is CC(C)OCC(O)COc1ccc(Br)cc1Cl. The lowest BCUT2D eigenvalue weighted by Crippen LogP contribution is -2.25. The number of benzene rings is 1. The summed E-state index contributed by atoms with van der Waals surface area (Å²) in [5, 5.41) is 10.1. The van der Waals surface area contributed by atoms with Crippen LogP contribution >= 0.6 is 27.5 Å². The van der Waals surface area contributed by atoms with E-state index in [0.717, 1.165) is 4.47 Å². The average molecular weight is 324 g/mol. The van der Waals surface area contributed by atoms with E-state index in [1.54, 1.807) is 12.1 Å². The van der Waals surface area contributed by atoms with Crippen LogP contribution in [0.5, 0.6) is 5.75 Å². The van der Waals surface area contributed by atoms with Crippen molar-refractivity contribution in [3.63, 3.8) is 0 Å². The van der Waals surface area contributed by atoms with Crippen LogP contribution in [-0.2, 0) is 4.74 Å². The second-order valence-corrected chi connectivity index (χ2v) is 5.24. The first-order valence-corrected chi connectivity index (χ1v) is 6.53. The van der Waals surface area contributed by atoms with Crippen LogP contribution in [0.3, 0.4) is 0 Å². The molecule has 0 spiro atoms. The highest BCUT2D eigenvalue weighted by Gasteiger charge is 2.08. The molecule has 0 amide bonds. The van der Waals surface area contributed by atoms with Crippen LogP contribution in [0.15, 0.2) is 22.7 Å². The summed E-state index contributed by atoms with van der Waals surface area (Å²) < 4.78 is 11.6. The molecule has 1 N–H and O–H groups in total. The van der Waals surface area contributed by atoms with Gasteiger partial charge in [-0.1, -0.05) is 27.5 Å². The lowest BCUT2D eigenvalue weighted by atomic mass is 10.3. The third-order valence-corrected chi connectivity index (χ3v) is 2.74. The molecule has 0 saturated heterocycles. The normalized spacial score (nSPS) is 12.8. The van der Waals surface area contributed by atoms with Gasteiger partial charge in [0.2, 0.25) is 0 Å². The molecule has 1 aromatic carbocycles. The molecule has 17 heavy (non-hydrogen) atoms. The van der Waals surface area contributed by atoms with Gasteiger partial charge in [0.05, 0.1) is 17.7 Å². The molecule has 0 saturated carbocycles. The van der Waals surface area contributed by atoms with Crippen molar-refractivity contribution in [2.24, 2.45) is 0 Å². The zero-order valence-electron chi connectivity index (χ0n) is 9.82. The summed E-state index contributed by atoms with van der Waals surface area (Å²) in [6.45, 7) is 4.25. The maximum absolute atomic E-state index is 9.60. The van der Waals surface area contributed by atoms with E-state index >= 15 is 0 Å². The lowest BCUT2D eigenvalue weighted by Gasteiger charge is -2.15. The molecule has 0 aliphatic carbocycles. The number of halogens is 2. The number of aliphatic hydroxyl groups excluding tert-OH is 1. The van der Waals surface area contributed by atoms with Crippen molar-refractivity contribution in [2.75, 3.05) is 13.2 Å². The Morgan fingerprint density at radius 3 is 2.65 bits per heavy atom. The molecule has 5 heteroatoms. The third kappa shape index (κ3) is 5.73. The van der Waals surface area contributed by atoms with Gasteiger partial charge < -0.3 is 14.6 Å². The highest BCUT2D eigenvalue weighted by Crippen LogP contribution is 2.27. The van der Waals surface area contributed by atoms with Crippen LogP contribution in [-0.4, -0.2) is 30.5 Å². The van der Waals surface area contributed by atoms with E-state index in [0.29, 0.717) is 10.8 Å². The molecule has 1 rings (SSSR count). The van der Waals surface area contributed by atoms with Crippen LogP contribution in [0, 0.1) is 0 Å². The quantitative estimate of drug-likeness (QED) is 0.873. The molecule has 96 valence electrons.